The van der Waals surface area contributed by atoms with Crippen molar-refractivity contribution in [2.45, 2.75) is 25.2 Å². The summed E-state index contributed by atoms with van der Waals surface area (Å²) in [4.78, 5) is 19.6. The molecule has 0 N–H and O–H groups in total. The minimum Gasteiger partial charge on any atom is -0.356 e. The van der Waals surface area contributed by atoms with Gasteiger partial charge in [-0.15, -0.1) is 11.3 Å². The van der Waals surface area contributed by atoms with E-state index in [1.54, 1.807) is 11.3 Å². The standard InChI is InChI=1S/C21H19N3O2S/c25-20(12-17-15-7-1-3-9-18(15)26-23-17)24-11-5-6-14(13-24)21-22-16-8-2-4-10-19(16)27-21/h1-4,7-10,14H,5-6,11-13H2/t14-/m1/s1. The Labute approximate surface area is 160 Å². The van der Waals surface area contributed by atoms with Gasteiger partial charge in [0.25, 0.3) is 0 Å². The number of amides is 1. The van der Waals surface area contributed by atoms with E-state index < -0.39 is 0 Å². The first-order chi connectivity index (χ1) is 13.3. The molecule has 4 aromatic rings. The zero-order valence-electron chi connectivity index (χ0n) is 14.8. The molecule has 1 saturated heterocycles. The predicted octanol–water partition coefficient (Wildman–Crippen LogP) is 4.39. The van der Waals surface area contributed by atoms with Gasteiger partial charge in [-0.05, 0) is 37.1 Å². The van der Waals surface area contributed by atoms with Gasteiger partial charge in [0, 0.05) is 24.4 Å². The van der Waals surface area contributed by atoms with Crippen LogP contribution in [0, 0.1) is 0 Å². The molecule has 27 heavy (non-hydrogen) atoms. The van der Waals surface area contributed by atoms with Crippen LogP contribution in [0.2, 0.25) is 0 Å². The average molecular weight is 377 g/mol. The van der Waals surface area contributed by atoms with Crippen molar-refractivity contribution < 1.29 is 9.32 Å². The van der Waals surface area contributed by atoms with Crippen LogP contribution in [0.15, 0.2) is 53.1 Å². The summed E-state index contributed by atoms with van der Waals surface area (Å²) in [7, 11) is 0. The maximum Gasteiger partial charge on any atom is 0.228 e. The third-order valence-corrected chi connectivity index (χ3v) is 6.40. The van der Waals surface area contributed by atoms with Crippen molar-refractivity contribution in [3.63, 3.8) is 0 Å². The molecular weight excluding hydrogens is 358 g/mol. The van der Waals surface area contributed by atoms with Gasteiger partial charge >= 0.3 is 0 Å². The Bertz CT molecular complexity index is 1080. The third kappa shape index (κ3) is 3.10. The third-order valence-electron chi connectivity index (χ3n) is 5.20. The molecule has 1 amide bonds. The molecule has 5 rings (SSSR count). The number of hydrogen-bond acceptors (Lipinski definition) is 5. The number of para-hydroxylation sites is 2. The van der Waals surface area contributed by atoms with Crippen LogP contribution in [-0.2, 0) is 11.2 Å². The molecule has 0 spiro atoms. The molecule has 2 aromatic carbocycles. The number of hydrogen-bond donors (Lipinski definition) is 0. The van der Waals surface area contributed by atoms with Crippen molar-refractivity contribution in [2.75, 3.05) is 13.1 Å². The highest BCUT2D eigenvalue weighted by atomic mass is 32.1. The molecule has 1 fully saturated rings. The van der Waals surface area contributed by atoms with Gasteiger partial charge in [-0.3, -0.25) is 4.79 Å². The van der Waals surface area contributed by atoms with Crippen LogP contribution in [0.4, 0.5) is 0 Å². The normalized spacial score (nSPS) is 17.6. The van der Waals surface area contributed by atoms with E-state index in [-0.39, 0.29) is 12.3 Å². The Morgan fingerprint density at radius 1 is 1.19 bits per heavy atom. The van der Waals surface area contributed by atoms with E-state index in [4.69, 9.17) is 9.51 Å². The number of carbonyl (C=O) groups is 1. The van der Waals surface area contributed by atoms with Gasteiger partial charge in [0.15, 0.2) is 5.58 Å². The molecule has 1 atom stereocenters. The van der Waals surface area contributed by atoms with Gasteiger partial charge < -0.3 is 9.42 Å². The second-order valence-corrected chi connectivity index (χ2v) is 8.06. The smallest absolute Gasteiger partial charge is 0.228 e. The molecule has 5 nitrogen and oxygen atoms in total. The van der Waals surface area contributed by atoms with Crippen molar-refractivity contribution in [2.24, 2.45) is 0 Å². The lowest BCUT2D eigenvalue weighted by molar-refractivity contribution is -0.131. The molecule has 0 saturated carbocycles. The van der Waals surface area contributed by atoms with Crippen LogP contribution in [0.5, 0.6) is 0 Å². The SMILES string of the molecule is O=C(Cc1noc2ccccc12)N1CCC[C@@H](c2nc3ccccc3s2)C1. The maximum atomic E-state index is 12.9. The fraction of sp³-hybridized carbons (Fsp3) is 0.286. The first-order valence-electron chi connectivity index (χ1n) is 9.24. The molecule has 0 aliphatic carbocycles. The lowest BCUT2D eigenvalue weighted by Crippen LogP contribution is -2.40. The monoisotopic (exact) mass is 377 g/mol. The fourth-order valence-electron chi connectivity index (χ4n) is 3.79. The number of benzene rings is 2. The van der Waals surface area contributed by atoms with E-state index in [9.17, 15) is 4.79 Å². The largest absolute Gasteiger partial charge is 0.356 e. The average Bonchev–Trinajstić information content (AvgIpc) is 3.32. The summed E-state index contributed by atoms with van der Waals surface area (Å²) in [6.07, 6.45) is 2.37. The van der Waals surface area contributed by atoms with E-state index in [0.717, 1.165) is 53.1 Å². The number of rotatable bonds is 3. The molecule has 0 radical (unpaired) electrons. The van der Waals surface area contributed by atoms with Crippen LogP contribution in [0.25, 0.3) is 21.2 Å². The summed E-state index contributed by atoms with van der Waals surface area (Å²) in [5, 5.41) is 6.16. The van der Waals surface area contributed by atoms with Crippen molar-refractivity contribution in [3.8, 4) is 0 Å². The summed E-state index contributed by atoms with van der Waals surface area (Å²) in [6, 6.07) is 15.9. The maximum absolute atomic E-state index is 12.9. The Hall–Kier alpha value is -2.73. The fourth-order valence-corrected chi connectivity index (χ4v) is 4.88. The molecular formula is C21H19N3O2S. The Morgan fingerprint density at radius 2 is 2.04 bits per heavy atom. The zero-order valence-corrected chi connectivity index (χ0v) is 15.6. The Morgan fingerprint density at radius 3 is 2.96 bits per heavy atom. The summed E-state index contributed by atoms with van der Waals surface area (Å²) >= 11 is 1.75. The summed E-state index contributed by atoms with van der Waals surface area (Å²) in [5.41, 5.74) is 2.50. The second kappa shape index (κ2) is 6.78. The van der Waals surface area contributed by atoms with Crippen molar-refractivity contribution >= 4 is 38.4 Å². The quantitative estimate of drug-likeness (QED) is 0.531. The molecule has 0 bridgehead atoms. The molecule has 1 aliphatic rings. The molecule has 136 valence electrons. The minimum atomic E-state index is 0.111. The lowest BCUT2D eigenvalue weighted by atomic mass is 9.98. The molecule has 0 unspecified atom stereocenters. The molecule has 3 heterocycles. The highest BCUT2D eigenvalue weighted by Crippen LogP contribution is 2.33. The van der Waals surface area contributed by atoms with E-state index >= 15 is 0 Å². The Kier molecular flexibility index (Phi) is 4.13. The number of likely N-dealkylation sites (tertiary alicyclic amines) is 1. The topological polar surface area (TPSA) is 59.2 Å². The Balaban J connectivity index is 1.33. The number of fused-ring (bicyclic) bond motifs is 2. The number of nitrogens with zero attached hydrogens (tertiary/aromatic N) is 3. The minimum absolute atomic E-state index is 0.111. The van der Waals surface area contributed by atoms with Crippen molar-refractivity contribution in [3.05, 3.63) is 59.2 Å². The second-order valence-electron chi connectivity index (χ2n) is 7.00. The van der Waals surface area contributed by atoms with Crippen LogP contribution < -0.4 is 0 Å². The zero-order chi connectivity index (χ0) is 18.2. The highest BCUT2D eigenvalue weighted by Gasteiger charge is 2.27. The van der Waals surface area contributed by atoms with E-state index in [1.807, 2.05) is 41.3 Å². The van der Waals surface area contributed by atoms with Crippen LogP contribution in [0.3, 0.4) is 0 Å². The van der Waals surface area contributed by atoms with Gasteiger partial charge in [0.1, 0.15) is 5.69 Å². The number of thiazole rings is 1. The van der Waals surface area contributed by atoms with Gasteiger partial charge in [-0.25, -0.2) is 4.98 Å². The summed E-state index contributed by atoms with van der Waals surface area (Å²) in [5.74, 6) is 0.425. The first-order valence-corrected chi connectivity index (χ1v) is 10.1. The summed E-state index contributed by atoms with van der Waals surface area (Å²) < 4.78 is 6.55. The lowest BCUT2D eigenvalue weighted by Gasteiger charge is -2.31. The highest BCUT2D eigenvalue weighted by molar-refractivity contribution is 7.18. The number of carbonyl (C=O) groups excluding carboxylic acids is 1. The van der Waals surface area contributed by atoms with Crippen LogP contribution >= 0.6 is 11.3 Å². The van der Waals surface area contributed by atoms with E-state index in [2.05, 4.69) is 17.3 Å². The number of aromatic nitrogens is 2. The summed E-state index contributed by atoms with van der Waals surface area (Å²) in [6.45, 7) is 1.53. The van der Waals surface area contributed by atoms with Crippen molar-refractivity contribution in [1.29, 1.82) is 0 Å². The molecule has 1 aliphatic heterocycles. The van der Waals surface area contributed by atoms with Crippen LogP contribution in [0.1, 0.15) is 29.5 Å². The van der Waals surface area contributed by atoms with Crippen LogP contribution in [-0.4, -0.2) is 34.0 Å². The predicted molar refractivity (Wildman–Crippen MR) is 106 cm³/mol. The molecule has 6 heteroatoms. The number of piperidine rings is 1. The first kappa shape index (κ1) is 16.4. The molecule has 2 aromatic heterocycles. The van der Waals surface area contributed by atoms with E-state index in [0.29, 0.717) is 5.92 Å². The van der Waals surface area contributed by atoms with Gasteiger partial charge in [0.05, 0.1) is 21.6 Å². The van der Waals surface area contributed by atoms with E-state index in [1.165, 1.54) is 4.70 Å². The van der Waals surface area contributed by atoms with Gasteiger partial charge in [-0.1, -0.05) is 29.4 Å². The van der Waals surface area contributed by atoms with Gasteiger partial charge in [0.2, 0.25) is 5.91 Å². The van der Waals surface area contributed by atoms with Gasteiger partial charge in [-0.2, -0.15) is 0 Å². The van der Waals surface area contributed by atoms with Crippen molar-refractivity contribution in [1.82, 2.24) is 15.0 Å².